The van der Waals surface area contributed by atoms with E-state index in [1.807, 2.05) is 13.2 Å². The highest BCUT2D eigenvalue weighted by Gasteiger charge is 2.10. The van der Waals surface area contributed by atoms with Gasteiger partial charge in [-0.15, -0.1) is 0 Å². The minimum Gasteiger partial charge on any atom is -0.481 e. The van der Waals surface area contributed by atoms with Crippen LogP contribution in [0.15, 0.2) is 12.4 Å². The molecule has 0 unspecified atom stereocenters. The summed E-state index contributed by atoms with van der Waals surface area (Å²) in [4.78, 5) is 23.4. The highest BCUT2D eigenvalue weighted by Crippen LogP contribution is 2.03. The summed E-state index contributed by atoms with van der Waals surface area (Å²) in [5, 5.41) is 12.5. The third kappa shape index (κ3) is 4.67. The van der Waals surface area contributed by atoms with E-state index >= 15 is 0 Å². The summed E-state index contributed by atoms with van der Waals surface area (Å²) in [6, 6.07) is 0. The number of carbonyl (C=O) groups is 2. The number of carbonyl (C=O) groups excluding carboxylic acids is 1. The van der Waals surface area contributed by atoms with Gasteiger partial charge in [-0.2, -0.15) is 5.10 Å². The van der Waals surface area contributed by atoms with Crippen molar-refractivity contribution in [2.75, 3.05) is 13.6 Å². The average molecular weight is 239 g/mol. The number of nitrogens with zero attached hydrogens (tertiary/aromatic N) is 3. The smallest absolute Gasteiger partial charge is 0.305 e. The molecule has 17 heavy (non-hydrogen) atoms. The first-order chi connectivity index (χ1) is 7.99. The van der Waals surface area contributed by atoms with Gasteiger partial charge < -0.3 is 10.0 Å². The quantitative estimate of drug-likeness (QED) is 0.774. The SMILES string of the molecule is CN(CCC(=O)O)C(=O)CCc1cnn(C)c1. The van der Waals surface area contributed by atoms with E-state index in [-0.39, 0.29) is 18.9 Å². The summed E-state index contributed by atoms with van der Waals surface area (Å²) >= 11 is 0. The van der Waals surface area contributed by atoms with E-state index in [1.165, 1.54) is 4.90 Å². The van der Waals surface area contributed by atoms with Gasteiger partial charge in [0.1, 0.15) is 0 Å². The molecular weight excluding hydrogens is 222 g/mol. The number of hydrogen-bond donors (Lipinski definition) is 1. The molecule has 0 bridgehead atoms. The second-order valence-corrected chi connectivity index (χ2v) is 3.98. The summed E-state index contributed by atoms with van der Waals surface area (Å²) in [6.07, 6.45) is 4.58. The van der Waals surface area contributed by atoms with Gasteiger partial charge in [-0.1, -0.05) is 0 Å². The second-order valence-electron chi connectivity index (χ2n) is 3.98. The Hall–Kier alpha value is -1.85. The zero-order valence-electron chi connectivity index (χ0n) is 10.1. The fourth-order valence-electron chi connectivity index (χ4n) is 1.43. The molecule has 1 aromatic heterocycles. The van der Waals surface area contributed by atoms with Crippen LogP contribution in [0.3, 0.4) is 0 Å². The van der Waals surface area contributed by atoms with Crippen molar-refractivity contribution < 1.29 is 14.7 Å². The van der Waals surface area contributed by atoms with Crippen molar-refractivity contribution in [3.8, 4) is 0 Å². The van der Waals surface area contributed by atoms with Gasteiger partial charge in [-0.25, -0.2) is 0 Å². The van der Waals surface area contributed by atoms with Gasteiger partial charge in [-0.3, -0.25) is 14.3 Å². The Labute approximate surface area is 99.8 Å². The fraction of sp³-hybridized carbons (Fsp3) is 0.545. The molecule has 0 aliphatic heterocycles. The maximum Gasteiger partial charge on any atom is 0.305 e. The number of aromatic nitrogens is 2. The Balaban J connectivity index is 2.31. The molecule has 6 heteroatoms. The van der Waals surface area contributed by atoms with Crippen LogP contribution in [-0.4, -0.2) is 45.3 Å². The lowest BCUT2D eigenvalue weighted by molar-refractivity contribution is -0.138. The molecule has 0 aliphatic carbocycles. The molecule has 0 aliphatic rings. The van der Waals surface area contributed by atoms with Crippen LogP contribution in [-0.2, 0) is 23.1 Å². The molecule has 1 N–H and O–H groups in total. The lowest BCUT2D eigenvalue weighted by Crippen LogP contribution is -2.29. The van der Waals surface area contributed by atoms with Crippen molar-refractivity contribution in [3.05, 3.63) is 18.0 Å². The number of hydrogen-bond acceptors (Lipinski definition) is 3. The zero-order valence-corrected chi connectivity index (χ0v) is 10.1. The molecule has 94 valence electrons. The molecule has 0 spiro atoms. The number of carboxylic acid groups (broad SMARTS) is 1. The van der Waals surface area contributed by atoms with Crippen LogP contribution >= 0.6 is 0 Å². The lowest BCUT2D eigenvalue weighted by atomic mass is 10.2. The Bertz CT molecular complexity index is 400. The Kier molecular flexibility index (Phi) is 4.68. The molecule has 1 rings (SSSR count). The minimum atomic E-state index is -0.892. The number of rotatable bonds is 6. The van der Waals surface area contributed by atoms with E-state index in [0.717, 1.165) is 5.56 Å². The number of aliphatic carboxylic acids is 1. The zero-order chi connectivity index (χ0) is 12.8. The molecule has 1 aromatic rings. The maximum atomic E-state index is 11.6. The van der Waals surface area contributed by atoms with Crippen molar-refractivity contribution in [3.63, 3.8) is 0 Å². The topological polar surface area (TPSA) is 75.4 Å². The highest BCUT2D eigenvalue weighted by atomic mass is 16.4. The average Bonchev–Trinajstić information content (AvgIpc) is 2.68. The fourth-order valence-corrected chi connectivity index (χ4v) is 1.43. The van der Waals surface area contributed by atoms with Crippen LogP contribution in [0, 0.1) is 0 Å². The van der Waals surface area contributed by atoms with Crippen molar-refractivity contribution in [2.45, 2.75) is 19.3 Å². The summed E-state index contributed by atoms with van der Waals surface area (Å²) in [6.45, 7) is 0.251. The van der Waals surface area contributed by atoms with Crippen molar-refractivity contribution >= 4 is 11.9 Å². The number of amides is 1. The first-order valence-electron chi connectivity index (χ1n) is 5.42. The molecule has 1 heterocycles. The van der Waals surface area contributed by atoms with E-state index < -0.39 is 5.97 Å². The molecule has 0 saturated heterocycles. The minimum absolute atomic E-state index is 0.0187. The van der Waals surface area contributed by atoms with Gasteiger partial charge in [0.2, 0.25) is 5.91 Å². The predicted molar refractivity (Wildman–Crippen MR) is 61.4 cm³/mol. The number of carboxylic acids is 1. The Morgan fingerprint density at radius 1 is 1.47 bits per heavy atom. The van der Waals surface area contributed by atoms with Crippen LogP contribution in [0.5, 0.6) is 0 Å². The van der Waals surface area contributed by atoms with E-state index in [1.54, 1.807) is 17.9 Å². The Morgan fingerprint density at radius 3 is 2.71 bits per heavy atom. The monoisotopic (exact) mass is 239 g/mol. The Morgan fingerprint density at radius 2 is 2.18 bits per heavy atom. The van der Waals surface area contributed by atoms with Crippen LogP contribution in [0.4, 0.5) is 0 Å². The molecule has 0 fully saturated rings. The third-order valence-electron chi connectivity index (χ3n) is 2.47. The van der Waals surface area contributed by atoms with Crippen LogP contribution in [0.25, 0.3) is 0 Å². The molecule has 6 nitrogen and oxygen atoms in total. The van der Waals surface area contributed by atoms with Gasteiger partial charge >= 0.3 is 5.97 Å². The lowest BCUT2D eigenvalue weighted by Gasteiger charge is -2.15. The maximum absolute atomic E-state index is 11.6. The second kappa shape index (κ2) is 6.03. The standard InChI is InChI=1S/C11H17N3O3/c1-13(6-5-11(16)17)10(15)4-3-9-7-12-14(2)8-9/h7-8H,3-6H2,1-2H3,(H,16,17). The first-order valence-corrected chi connectivity index (χ1v) is 5.42. The summed E-state index contributed by atoms with van der Waals surface area (Å²) < 4.78 is 1.69. The molecule has 0 saturated carbocycles. The molecule has 1 amide bonds. The number of aryl methyl sites for hydroxylation is 2. The normalized spacial score (nSPS) is 10.2. The summed E-state index contributed by atoms with van der Waals surface area (Å²) in [5.74, 6) is -0.938. The van der Waals surface area contributed by atoms with Crippen LogP contribution in [0.2, 0.25) is 0 Å². The third-order valence-corrected chi connectivity index (χ3v) is 2.47. The van der Waals surface area contributed by atoms with E-state index in [9.17, 15) is 9.59 Å². The predicted octanol–water partition coefficient (Wildman–Crippen LogP) is 0.286. The highest BCUT2D eigenvalue weighted by molar-refractivity contribution is 5.77. The van der Waals surface area contributed by atoms with E-state index in [2.05, 4.69) is 5.10 Å². The van der Waals surface area contributed by atoms with Gasteiger partial charge in [-0.05, 0) is 12.0 Å². The van der Waals surface area contributed by atoms with E-state index in [0.29, 0.717) is 12.8 Å². The van der Waals surface area contributed by atoms with Crippen molar-refractivity contribution in [1.82, 2.24) is 14.7 Å². The molecular formula is C11H17N3O3. The van der Waals surface area contributed by atoms with Gasteiger partial charge in [0, 0.05) is 33.3 Å². The summed E-state index contributed by atoms with van der Waals surface area (Å²) in [7, 11) is 3.44. The van der Waals surface area contributed by atoms with Gasteiger partial charge in [0.15, 0.2) is 0 Å². The van der Waals surface area contributed by atoms with Gasteiger partial charge in [0.05, 0.1) is 12.6 Å². The largest absolute Gasteiger partial charge is 0.481 e. The van der Waals surface area contributed by atoms with Crippen LogP contribution < -0.4 is 0 Å². The van der Waals surface area contributed by atoms with Gasteiger partial charge in [0.25, 0.3) is 0 Å². The van der Waals surface area contributed by atoms with Crippen LogP contribution in [0.1, 0.15) is 18.4 Å². The molecule has 0 atom stereocenters. The van der Waals surface area contributed by atoms with Crippen molar-refractivity contribution in [1.29, 1.82) is 0 Å². The first kappa shape index (κ1) is 13.2. The van der Waals surface area contributed by atoms with Crippen molar-refractivity contribution in [2.24, 2.45) is 7.05 Å². The molecule has 0 aromatic carbocycles. The molecule has 0 radical (unpaired) electrons. The summed E-state index contributed by atoms with van der Waals surface area (Å²) in [5.41, 5.74) is 1.01. The van der Waals surface area contributed by atoms with E-state index in [4.69, 9.17) is 5.11 Å².